The highest BCUT2D eigenvalue weighted by Crippen LogP contribution is 2.38. The zero-order valence-corrected chi connectivity index (χ0v) is 15.2. The van der Waals surface area contributed by atoms with Crippen molar-refractivity contribution in [2.45, 2.75) is 18.9 Å². The van der Waals surface area contributed by atoms with Crippen LogP contribution in [0.2, 0.25) is 0 Å². The van der Waals surface area contributed by atoms with Gasteiger partial charge in [-0.2, -0.15) is 0 Å². The van der Waals surface area contributed by atoms with Gasteiger partial charge in [0, 0.05) is 18.9 Å². The number of aromatic nitrogens is 1. The molecule has 1 aromatic heterocycles. The minimum absolute atomic E-state index is 0.0290. The van der Waals surface area contributed by atoms with E-state index in [4.69, 9.17) is 4.74 Å². The van der Waals surface area contributed by atoms with E-state index < -0.39 is 0 Å². The Morgan fingerprint density at radius 2 is 1.81 bits per heavy atom. The van der Waals surface area contributed by atoms with Crippen molar-refractivity contribution in [1.29, 1.82) is 0 Å². The lowest BCUT2D eigenvalue weighted by atomic mass is 9.86. The Hall–Kier alpha value is -2.72. The van der Waals surface area contributed by atoms with Crippen molar-refractivity contribution in [2.75, 3.05) is 19.6 Å². The van der Waals surface area contributed by atoms with Gasteiger partial charge in [-0.1, -0.05) is 24.3 Å². The minimum atomic E-state index is -0.195. The zero-order valence-electron chi connectivity index (χ0n) is 15.2. The highest BCUT2D eigenvalue weighted by molar-refractivity contribution is 6.24. The highest BCUT2D eigenvalue weighted by Gasteiger charge is 2.37. The molecule has 136 valence electrons. The van der Waals surface area contributed by atoms with Crippen LogP contribution in [0.3, 0.4) is 0 Å². The number of benzene rings is 1. The second-order valence-electron chi connectivity index (χ2n) is 7.57. The SMILES string of the molecule is O=C(O[C@@H]1CN2CCC1CC2)C1=C/C(=C/c2ccncc2)c2ccccc21. The number of hydrogen-bond acceptors (Lipinski definition) is 4. The van der Waals surface area contributed by atoms with Gasteiger partial charge in [0.05, 0.1) is 5.57 Å². The first-order chi connectivity index (χ1) is 13.3. The van der Waals surface area contributed by atoms with E-state index in [9.17, 15) is 4.79 Å². The summed E-state index contributed by atoms with van der Waals surface area (Å²) < 4.78 is 5.98. The monoisotopic (exact) mass is 358 g/mol. The van der Waals surface area contributed by atoms with E-state index in [-0.39, 0.29) is 12.1 Å². The molecule has 0 saturated carbocycles. The largest absolute Gasteiger partial charge is 0.457 e. The molecule has 4 aliphatic rings. The van der Waals surface area contributed by atoms with E-state index in [1.54, 1.807) is 12.4 Å². The molecular formula is C23H22N2O2. The number of allylic oxidation sites excluding steroid dienone is 2. The molecule has 6 rings (SSSR count). The summed E-state index contributed by atoms with van der Waals surface area (Å²) in [5.41, 5.74) is 4.82. The maximum atomic E-state index is 13.0. The molecule has 4 heteroatoms. The molecule has 0 spiro atoms. The van der Waals surface area contributed by atoms with E-state index >= 15 is 0 Å². The Morgan fingerprint density at radius 1 is 1.07 bits per heavy atom. The molecule has 1 aliphatic carbocycles. The lowest BCUT2D eigenvalue weighted by Crippen LogP contribution is -2.51. The molecule has 2 aromatic rings. The summed E-state index contributed by atoms with van der Waals surface area (Å²) in [4.78, 5) is 19.5. The number of carbonyl (C=O) groups is 1. The second kappa shape index (κ2) is 6.78. The molecule has 0 N–H and O–H groups in total. The molecule has 2 bridgehead atoms. The summed E-state index contributed by atoms with van der Waals surface area (Å²) in [5.74, 6) is 0.322. The average molecular weight is 358 g/mol. The van der Waals surface area contributed by atoms with E-state index in [2.05, 4.69) is 22.0 Å². The number of ether oxygens (including phenoxy) is 1. The molecule has 4 heterocycles. The topological polar surface area (TPSA) is 42.4 Å². The van der Waals surface area contributed by atoms with Crippen LogP contribution in [0.1, 0.15) is 29.5 Å². The van der Waals surface area contributed by atoms with Crippen LogP contribution >= 0.6 is 0 Å². The standard InChI is InChI=1S/C23H22N2O2/c26-23(27-22-15-25-11-7-17(22)8-12-25)21-14-18(13-16-5-9-24-10-6-16)19-3-1-2-4-20(19)21/h1-6,9-10,13-14,17,22H,7-8,11-12,15H2/b18-13-/t22-/m1/s1. The number of esters is 1. The van der Waals surface area contributed by atoms with Crippen LogP contribution in [0, 0.1) is 5.92 Å². The summed E-state index contributed by atoms with van der Waals surface area (Å²) in [6, 6.07) is 12.0. The van der Waals surface area contributed by atoms with Crippen molar-refractivity contribution in [1.82, 2.24) is 9.88 Å². The molecule has 3 fully saturated rings. The number of hydrogen-bond donors (Lipinski definition) is 0. The first-order valence-electron chi connectivity index (χ1n) is 9.64. The molecule has 1 aromatic carbocycles. The summed E-state index contributed by atoms with van der Waals surface area (Å²) in [6.07, 6.45) is 9.92. The van der Waals surface area contributed by atoms with Crippen LogP contribution in [0.4, 0.5) is 0 Å². The third kappa shape index (κ3) is 3.10. The van der Waals surface area contributed by atoms with Crippen LogP contribution in [-0.4, -0.2) is 41.6 Å². The Bertz CT molecular complexity index is 924. The lowest BCUT2D eigenvalue weighted by Gasteiger charge is -2.43. The van der Waals surface area contributed by atoms with E-state index in [0.717, 1.165) is 54.7 Å². The van der Waals surface area contributed by atoms with Crippen molar-refractivity contribution in [3.63, 3.8) is 0 Å². The number of rotatable bonds is 3. The molecule has 0 unspecified atom stereocenters. The van der Waals surface area contributed by atoms with Gasteiger partial charge in [0.2, 0.25) is 0 Å². The fourth-order valence-electron chi connectivity index (χ4n) is 4.45. The van der Waals surface area contributed by atoms with E-state index in [1.165, 1.54) is 0 Å². The van der Waals surface area contributed by atoms with Crippen molar-refractivity contribution in [3.05, 3.63) is 71.6 Å². The van der Waals surface area contributed by atoms with Crippen molar-refractivity contribution < 1.29 is 9.53 Å². The normalized spacial score (nSPS) is 27.3. The number of pyridine rings is 1. The quantitative estimate of drug-likeness (QED) is 0.786. The van der Waals surface area contributed by atoms with Crippen LogP contribution in [0.5, 0.6) is 0 Å². The third-order valence-corrected chi connectivity index (χ3v) is 5.93. The molecule has 3 aliphatic heterocycles. The molecule has 27 heavy (non-hydrogen) atoms. The molecule has 0 amide bonds. The molecule has 1 atom stereocenters. The van der Waals surface area contributed by atoms with Gasteiger partial charge in [-0.15, -0.1) is 0 Å². The zero-order chi connectivity index (χ0) is 18.2. The van der Waals surface area contributed by atoms with Gasteiger partial charge < -0.3 is 4.74 Å². The summed E-state index contributed by atoms with van der Waals surface area (Å²) in [7, 11) is 0. The van der Waals surface area contributed by atoms with Gasteiger partial charge in [-0.3, -0.25) is 9.88 Å². The number of carbonyl (C=O) groups excluding carboxylic acids is 1. The van der Waals surface area contributed by atoms with E-state index in [0.29, 0.717) is 11.5 Å². The number of piperidine rings is 3. The maximum absolute atomic E-state index is 13.0. The Labute approximate surface area is 159 Å². The molecular weight excluding hydrogens is 336 g/mol. The van der Waals surface area contributed by atoms with Crippen molar-refractivity contribution >= 4 is 23.2 Å². The first kappa shape index (κ1) is 16.5. The number of nitrogens with zero attached hydrogens (tertiary/aromatic N) is 2. The minimum Gasteiger partial charge on any atom is -0.457 e. The van der Waals surface area contributed by atoms with Gasteiger partial charge in [-0.25, -0.2) is 4.79 Å². The van der Waals surface area contributed by atoms with Crippen LogP contribution < -0.4 is 0 Å². The number of fused-ring (bicyclic) bond motifs is 4. The molecule has 3 saturated heterocycles. The summed E-state index contributed by atoms with van der Waals surface area (Å²) >= 11 is 0. The lowest BCUT2D eigenvalue weighted by molar-refractivity contribution is -0.151. The fourth-order valence-corrected chi connectivity index (χ4v) is 4.45. The predicted octanol–water partition coefficient (Wildman–Crippen LogP) is 3.66. The second-order valence-corrected chi connectivity index (χ2v) is 7.57. The van der Waals surface area contributed by atoms with Crippen molar-refractivity contribution in [2.24, 2.45) is 5.92 Å². The van der Waals surface area contributed by atoms with Gasteiger partial charge in [0.1, 0.15) is 6.10 Å². The van der Waals surface area contributed by atoms with E-state index in [1.807, 2.05) is 36.4 Å². The van der Waals surface area contributed by atoms with Gasteiger partial charge in [-0.05, 0) is 78.4 Å². The summed E-state index contributed by atoms with van der Waals surface area (Å²) in [6.45, 7) is 3.16. The van der Waals surface area contributed by atoms with Crippen LogP contribution in [-0.2, 0) is 9.53 Å². The van der Waals surface area contributed by atoms with Gasteiger partial charge in [0.25, 0.3) is 0 Å². The highest BCUT2D eigenvalue weighted by atomic mass is 16.5. The Morgan fingerprint density at radius 3 is 2.52 bits per heavy atom. The Kier molecular flexibility index (Phi) is 4.13. The van der Waals surface area contributed by atoms with Gasteiger partial charge >= 0.3 is 5.97 Å². The van der Waals surface area contributed by atoms with Crippen molar-refractivity contribution in [3.8, 4) is 0 Å². The molecule has 0 radical (unpaired) electrons. The van der Waals surface area contributed by atoms with Gasteiger partial charge in [0.15, 0.2) is 0 Å². The summed E-state index contributed by atoms with van der Waals surface area (Å²) in [5, 5.41) is 0. The average Bonchev–Trinajstić information content (AvgIpc) is 3.08. The molecule has 4 nitrogen and oxygen atoms in total. The third-order valence-electron chi connectivity index (χ3n) is 5.93. The first-order valence-corrected chi connectivity index (χ1v) is 9.64. The smallest absolute Gasteiger partial charge is 0.339 e. The maximum Gasteiger partial charge on any atom is 0.339 e. The van der Waals surface area contributed by atoms with Crippen LogP contribution in [0.15, 0.2) is 54.9 Å². The van der Waals surface area contributed by atoms with Crippen LogP contribution in [0.25, 0.3) is 17.2 Å². The predicted molar refractivity (Wildman–Crippen MR) is 106 cm³/mol. The Balaban J connectivity index is 1.44. The fraction of sp³-hybridized carbons (Fsp3) is 0.304.